The minimum Gasteiger partial charge on any atom is -0.393 e. The van der Waals surface area contributed by atoms with Crippen LogP contribution in [0.5, 0.6) is 0 Å². The minimum atomic E-state index is 0.616. The first-order valence-electron chi connectivity index (χ1n) is 6.03. The van der Waals surface area contributed by atoms with E-state index in [0.29, 0.717) is 4.99 Å². The fourth-order valence-corrected chi connectivity index (χ4v) is 1.90. The molecule has 1 rings (SSSR count). The molecular weight excluding hydrogens is 222 g/mol. The van der Waals surface area contributed by atoms with E-state index in [-0.39, 0.29) is 0 Å². The number of morpholine rings is 1. The van der Waals surface area contributed by atoms with Crippen LogP contribution in [0, 0.1) is 0 Å². The maximum absolute atomic E-state index is 5.51. The molecule has 0 radical (unpaired) electrons. The lowest BCUT2D eigenvalue weighted by atomic mass is 10.3. The largest absolute Gasteiger partial charge is 0.393 e. The summed E-state index contributed by atoms with van der Waals surface area (Å²) in [5, 5.41) is 0. The van der Waals surface area contributed by atoms with E-state index in [0.717, 1.165) is 58.9 Å². The quantitative estimate of drug-likeness (QED) is 0.654. The fourth-order valence-electron chi connectivity index (χ4n) is 1.80. The molecule has 0 spiro atoms. The zero-order valence-electron chi connectivity index (χ0n) is 10.2. The number of nitrogens with zero attached hydrogens (tertiary/aromatic N) is 2. The highest BCUT2D eigenvalue weighted by Crippen LogP contribution is 1.98. The number of ether oxygens (including phenoxy) is 1. The Labute approximate surface area is 104 Å². The Kier molecular flexibility index (Phi) is 6.87. The third-order valence-corrected chi connectivity index (χ3v) is 3.16. The Bertz CT molecular complexity index is 207. The van der Waals surface area contributed by atoms with Gasteiger partial charge < -0.3 is 15.4 Å². The van der Waals surface area contributed by atoms with Gasteiger partial charge in [0.05, 0.1) is 18.2 Å². The van der Waals surface area contributed by atoms with Crippen molar-refractivity contribution in [1.82, 2.24) is 9.80 Å². The van der Waals surface area contributed by atoms with Crippen LogP contribution in [-0.4, -0.2) is 67.3 Å². The van der Waals surface area contributed by atoms with Crippen LogP contribution in [-0.2, 0) is 4.74 Å². The zero-order chi connectivity index (χ0) is 11.8. The molecule has 1 aliphatic rings. The number of likely N-dealkylation sites (N-methyl/N-ethyl adjacent to an activating group) is 1. The molecule has 1 aliphatic heterocycles. The second kappa shape index (κ2) is 7.95. The van der Waals surface area contributed by atoms with Crippen LogP contribution in [0.2, 0.25) is 0 Å². The topological polar surface area (TPSA) is 41.7 Å². The van der Waals surface area contributed by atoms with Crippen molar-refractivity contribution in [2.75, 3.05) is 52.5 Å². The van der Waals surface area contributed by atoms with Crippen molar-refractivity contribution in [3.8, 4) is 0 Å². The lowest BCUT2D eigenvalue weighted by molar-refractivity contribution is 0.0337. The van der Waals surface area contributed by atoms with E-state index in [2.05, 4.69) is 16.7 Å². The van der Waals surface area contributed by atoms with Gasteiger partial charge in [-0.15, -0.1) is 0 Å². The average Bonchev–Trinajstić information content (AvgIpc) is 2.30. The van der Waals surface area contributed by atoms with Crippen LogP contribution in [0.1, 0.15) is 13.3 Å². The fraction of sp³-hybridized carbons (Fsp3) is 0.909. The van der Waals surface area contributed by atoms with E-state index in [9.17, 15) is 0 Å². The molecule has 1 saturated heterocycles. The summed E-state index contributed by atoms with van der Waals surface area (Å²) in [6.07, 6.45) is 0.826. The maximum atomic E-state index is 5.51. The molecular formula is C11H23N3OS. The highest BCUT2D eigenvalue weighted by atomic mass is 32.1. The SMILES string of the molecule is CCN(CCC(N)=S)CCN1CCOCC1. The van der Waals surface area contributed by atoms with Crippen molar-refractivity contribution in [3.63, 3.8) is 0 Å². The summed E-state index contributed by atoms with van der Waals surface area (Å²) >= 11 is 4.90. The Hall–Kier alpha value is -0.230. The third kappa shape index (κ3) is 5.75. The molecule has 0 aromatic carbocycles. The molecule has 5 heteroatoms. The van der Waals surface area contributed by atoms with Gasteiger partial charge in [0.2, 0.25) is 0 Å². The summed E-state index contributed by atoms with van der Waals surface area (Å²) in [6.45, 7) is 10.3. The highest BCUT2D eigenvalue weighted by molar-refractivity contribution is 7.80. The van der Waals surface area contributed by atoms with Crippen LogP contribution < -0.4 is 5.73 Å². The second-order valence-electron chi connectivity index (χ2n) is 4.10. The first-order chi connectivity index (χ1) is 7.72. The van der Waals surface area contributed by atoms with Gasteiger partial charge >= 0.3 is 0 Å². The molecule has 2 N–H and O–H groups in total. The summed E-state index contributed by atoms with van der Waals surface area (Å²) in [5.74, 6) is 0. The Balaban J connectivity index is 2.14. The molecule has 0 atom stereocenters. The van der Waals surface area contributed by atoms with Gasteiger partial charge in [-0.3, -0.25) is 4.90 Å². The van der Waals surface area contributed by atoms with Gasteiger partial charge in [0.25, 0.3) is 0 Å². The van der Waals surface area contributed by atoms with Gasteiger partial charge in [-0.2, -0.15) is 0 Å². The normalized spacial score (nSPS) is 17.9. The lowest BCUT2D eigenvalue weighted by Crippen LogP contribution is -2.42. The lowest BCUT2D eigenvalue weighted by Gasteiger charge is -2.29. The van der Waals surface area contributed by atoms with Gasteiger partial charge in [0.1, 0.15) is 0 Å². The van der Waals surface area contributed by atoms with Gasteiger partial charge in [0.15, 0.2) is 0 Å². The van der Waals surface area contributed by atoms with Crippen molar-refractivity contribution in [3.05, 3.63) is 0 Å². The summed E-state index contributed by atoms with van der Waals surface area (Å²) < 4.78 is 5.32. The molecule has 0 unspecified atom stereocenters. The van der Waals surface area contributed by atoms with E-state index in [1.54, 1.807) is 0 Å². The van der Waals surface area contributed by atoms with Crippen LogP contribution >= 0.6 is 12.2 Å². The predicted molar refractivity (Wildman–Crippen MR) is 70.8 cm³/mol. The zero-order valence-corrected chi connectivity index (χ0v) is 11.0. The Morgan fingerprint density at radius 3 is 2.62 bits per heavy atom. The van der Waals surface area contributed by atoms with E-state index in [1.165, 1.54) is 0 Å². The van der Waals surface area contributed by atoms with Crippen molar-refractivity contribution >= 4 is 17.2 Å². The first-order valence-corrected chi connectivity index (χ1v) is 6.44. The van der Waals surface area contributed by atoms with Crippen molar-refractivity contribution in [1.29, 1.82) is 0 Å². The Morgan fingerprint density at radius 1 is 1.38 bits per heavy atom. The van der Waals surface area contributed by atoms with E-state index in [4.69, 9.17) is 22.7 Å². The molecule has 0 bridgehead atoms. The molecule has 94 valence electrons. The highest BCUT2D eigenvalue weighted by Gasteiger charge is 2.11. The number of hydrogen-bond donors (Lipinski definition) is 1. The van der Waals surface area contributed by atoms with Crippen LogP contribution in [0.15, 0.2) is 0 Å². The average molecular weight is 245 g/mol. The molecule has 4 nitrogen and oxygen atoms in total. The van der Waals surface area contributed by atoms with Crippen molar-refractivity contribution in [2.24, 2.45) is 5.73 Å². The number of nitrogens with two attached hydrogens (primary N) is 1. The molecule has 0 amide bonds. The Morgan fingerprint density at radius 2 is 2.06 bits per heavy atom. The molecule has 1 heterocycles. The van der Waals surface area contributed by atoms with Crippen LogP contribution in [0.4, 0.5) is 0 Å². The van der Waals surface area contributed by atoms with Gasteiger partial charge in [0, 0.05) is 39.1 Å². The molecule has 0 aromatic heterocycles. The van der Waals surface area contributed by atoms with Gasteiger partial charge in [-0.05, 0) is 6.54 Å². The van der Waals surface area contributed by atoms with Gasteiger partial charge in [-0.25, -0.2) is 0 Å². The first kappa shape index (κ1) is 13.8. The smallest absolute Gasteiger partial charge is 0.0740 e. The summed E-state index contributed by atoms with van der Waals surface area (Å²) in [5.41, 5.74) is 5.51. The van der Waals surface area contributed by atoms with Crippen molar-refractivity contribution in [2.45, 2.75) is 13.3 Å². The van der Waals surface area contributed by atoms with Gasteiger partial charge in [-0.1, -0.05) is 19.1 Å². The molecule has 0 aromatic rings. The summed E-state index contributed by atoms with van der Waals surface area (Å²) in [4.78, 5) is 5.46. The second-order valence-corrected chi connectivity index (χ2v) is 4.63. The van der Waals surface area contributed by atoms with Crippen LogP contribution in [0.3, 0.4) is 0 Å². The predicted octanol–water partition coefficient (Wildman–Crippen LogP) is 0.317. The monoisotopic (exact) mass is 245 g/mol. The van der Waals surface area contributed by atoms with E-state index >= 15 is 0 Å². The number of rotatable bonds is 7. The van der Waals surface area contributed by atoms with E-state index in [1.807, 2.05) is 0 Å². The minimum absolute atomic E-state index is 0.616. The molecule has 16 heavy (non-hydrogen) atoms. The summed E-state index contributed by atoms with van der Waals surface area (Å²) in [7, 11) is 0. The number of hydrogen-bond acceptors (Lipinski definition) is 4. The maximum Gasteiger partial charge on any atom is 0.0740 e. The molecule has 0 aliphatic carbocycles. The van der Waals surface area contributed by atoms with E-state index < -0.39 is 0 Å². The third-order valence-electron chi connectivity index (χ3n) is 2.96. The molecule has 1 fully saturated rings. The summed E-state index contributed by atoms with van der Waals surface area (Å²) in [6, 6.07) is 0. The molecule has 0 saturated carbocycles. The van der Waals surface area contributed by atoms with Crippen LogP contribution in [0.25, 0.3) is 0 Å². The standard InChI is InChI=1S/C11H23N3OS/c1-2-13(4-3-11(12)16)5-6-14-7-9-15-10-8-14/h2-10H2,1H3,(H2,12,16). The number of thiocarbonyl (C=S) groups is 1. The van der Waals surface area contributed by atoms with Crippen molar-refractivity contribution < 1.29 is 4.74 Å².